The van der Waals surface area contributed by atoms with Gasteiger partial charge in [0.2, 0.25) is 0 Å². The zero-order valence-electron chi connectivity index (χ0n) is 17.5. The predicted molar refractivity (Wildman–Crippen MR) is 121 cm³/mol. The number of carbonyl (C=O) groups excluding carboxylic acids is 1. The molecule has 2 heterocycles. The molecule has 0 amide bonds. The zero-order valence-corrected chi connectivity index (χ0v) is 17.5. The summed E-state index contributed by atoms with van der Waals surface area (Å²) in [5, 5.41) is 10.5. The van der Waals surface area contributed by atoms with E-state index >= 15 is 0 Å². The van der Waals surface area contributed by atoms with Crippen molar-refractivity contribution in [2.45, 2.75) is 18.0 Å². The highest BCUT2D eigenvalue weighted by Crippen LogP contribution is 2.60. The van der Waals surface area contributed by atoms with Crippen molar-refractivity contribution >= 4 is 11.9 Å². The van der Waals surface area contributed by atoms with Crippen molar-refractivity contribution < 1.29 is 13.6 Å². The SMILES string of the molecule is C#CC1(C#N)C(c2cccc(F)c2)C(C(=O)c2ccc(F)cc2)N2C=Cc3ccccc3C21. The number of terminal acetylenes is 1. The largest absolute Gasteiger partial charge is 0.357 e. The summed E-state index contributed by atoms with van der Waals surface area (Å²) in [4.78, 5) is 15.7. The second-order valence-corrected chi connectivity index (χ2v) is 8.27. The third-order valence-corrected chi connectivity index (χ3v) is 6.60. The molecule has 0 radical (unpaired) electrons. The standard InChI is InChI=1S/C28H18F2N2O/c1-2-28(17-31)24(20-7-5-8-22(30)16-20)25(26(33)19-10-12-21(29)13-11-19)32-15-14-18-6-3-4-9-23(18)27(28)32/h1,3-16,24-25,27H. The van der Waals surface area contributed by atoms with Gasteiger partial charge in [-0.1, -0.05) is 42.3 Å². The number of ketones is 1. The molecule has 1 saturated heterocycles. The Bertz CT molecular complexity index is 1350. The van der Waals surface area contributed by atoms with Gasteiger partial charge in [-0.15, -0.1) is 6.42 Å². The average molecular weight is 436 g/mol. The Balaban J connectivity index is 1.77. The molecule has 4 unspecified atom stereocenters. The molecule has 2 aliphatic heterocycles. The van der Waals surface area contributed by atoms with Crippen LogP contribution in [0, 0.1) is 40.7 Å². The fourth-order valence-electron chi connectivity index (χ4n) is 5.20. The molecule has 0 aromatic heterocycles. The number of rotatable bonds is 3. The molecule has 5 heteroatoms. The summed E-state index contributed by atoms with van der Waals surface area (Å²) >= 11 is 0. The highest BCUT2D eigenvalue weighted by atomic mass is 19.1. The molecule has 33 heavy (non-hydrogen) atoms. The van der Waals surface area contributed by atoms with Gasteiger partial charge in [0, 0.05) is 17.7 Å². The Morgan fingerprint density at radius 3 is 2.45 bits per heavy atom. The van der Waals surface area contributed by atoms with Crippen molar-refractivity contribution in [3.8, 4) is 18.4 Å². The summed E-state index contributed by atoms with van der Waals surface area (Å²) in [6.45, 7) is 0. The van der Waals surface area contributed by atoms with E-state index in [1.54, 1.807) is 18.3 Å². The normalized spacial score (nSPS) is 25.0. The predicted octanol–water partition coefficient (Wildman–Crippen LogP) is 5.48. The topological polar surface area (TPSA) is 44.1 Å². The molecule has 160 valence electrons. The van der Waals surface area contributed by atoms with Crippen LogP contribution in [0.3, 0.4) is 0 Å². The number of fused-ring (bicyclic) bond motifs is 3. The van der Waals surface area contributed by atoms with E-state index in [1.165, 1.54) is 36.4 Å². The first-order valence-corrected chi connectivity index (χ1v) is 10.5. The van der Waals surface area contributed by atoms with Gasteiger partial charge in [0.15, 0.2) is 11.2 Å². The maximum Gasteiger partial charge on any atom is 0.185 e. The van der Waals surface area contributed by atoms with Crippen molar-refractivity contribution in [3.05, 3.63) is 113 Å². The molecule has 1 fully saturated rings. The van der Waals surface area contributed by atoms with Gasteiger partial charge in [0.1, 0.15) is 17.7 Å². The van der Waals surface area contributed by atoms with E-state index in [1.807, 2.05) is 35.2 Å². The second kappa shape index (κ2) is 7.73. The van der Waals surface area contributed by atoms with Crippen molar-refractivity contribution in [2.75, 3.05) is 0 Å². The number of hydrogen-bond acceptors (Lipinski definition) is 3. The van der Waals surface area contributed by atoms with E-state index in [9.17, 15) is 18.8 Å². The van der Waals surface area contributed by atoms with E-state index in [0.29, 0.717) is 11.1 Å². The van der Waals surface area contributed by atoms with Crippen LogP contribution >= 0.6 is 0 Å². The third-order valence-electron chi connectivity index (χ3n) is 6.60. The first-order chi connectivity index (χ1) is 16.0. The van der Waals surface area contributed by atoms with Gasteiger partial charge >= 0.3 is 0 Å². The summed E-state index contributed by atoms with van der Waals surface area (Å²) in [5.74, 6) is 0.637. The molecule has 0 bridgehead atoms. The molecule has 0 N–H and O–H groups in total. The number of carbonyl (C=O) groups is 1. The van der Waals surface area contributed by atoms with Crippen LogP contribution in [0.1, 0.15) is 39.0 Å². The van der Waals surface area contributed by atoms with Crippen LogP contribution in [0.4, 0.5) is 8.78 Å². The summed E-state index contributed by atoms with van der Waals surface area (Å²) < 4.78 is 27.8. The van der Waals surface area contributed by atoms with Crippen molar-refractivity contribution in [2.24, 2.45) is 5.41 Å². The Morgan fingerprint density at radius 1 is 1.00 bits per heavy atom. The van der Waals surface area contributed by atoms with Gasteiger partial charge < -0.3 is 4.90 Å². The van der Waals surface area contributed by atoms with Gasteiger partial charge in [-0.3, -0.25) is 4.79 Å². The minimum Gasteiger partial charge on any atom is -0.357 e. The summed E-state index contributed by atoms with van der Waals surface area (Å²) in [6.07, 6.45) is 9.71. The quantitative estimate of drug-likeness (QED) is 0.403. The molecule has 0 spiro atoms. The number of nitrogens with zero attached hydrogens (tertiary/aromatic N) is 2. The summed E-state index contributed by atoms with van der Waals surface area (Å²) in [7, 11) is 0. The molecule has 4 atom stereocenters. The summed E-state index contributed by atoms with van der Waals surface area (Å²) in [5.41, 5.74) is 1.04. The fraction of sp³-hybridized carbons (Fsp3) is 0.143. The van der Waals surface area contributed by atoms with Crippen molar-refractivity contribution in [1.29, 1.82) is 5.26 Å². The maximum absolute atomic E-state index is 14.3. The molecular formula is C28H18F2N2O. The Hall–Kier alpha value is -4.22. The second-order valence-electron chi connectivity index (χ2n) is 8.27. The van der Waals surface area contributed by atoms with E-state index in [4.69, 9.17) is 6.42 Å². The third kappa shape index (κ3) is 3.05. The van der Waals surface area contributed by atoms with E-state index in [-0.39, 0.29) is 5.78 Å². The molecule has 0 saturated carbocycles. The minimum atomic E-state index is -1.45. The van der Waals surface area contributed by atoms with Gasteiger partial charge in [-0.2, -0.15) is 5.26 Å². The van der Waals surface area contributed by atoms with E-state index in [0.717, 1.165) is 11.1 Å². The highest BCUT2D eigenvalue weighted by Gasteiger charge is 2.62. The number of nitriles is 1. The Morgan fingerprint density at radius 2 is 1.76 bits per heavy atom. The number of hydrogen-bond donors (Lipinski definition) is 0. The Kier molecular flexibility index (Phi) is 4.84. The fourth-order valence-corrected chi connectivity index (χ4v) is 5.20. The van der Waals surface area contributed by atoms with Crippen LogP contribution in [-0.2, 0) is 0 Å². The molecule has 3 aromatic carbocycles. The van der Waals surface area contributed by atoms with Crippen LogP contribution in [0.5, 0.6) is 0 Å². The molecule has 2 aliphatic rings. The lowest BCUT2D eigenvalue weighted by atomic mass is 9.67. The van der Waals surface area contributed by atoms with Crippen LogP contribution in [-0.4, -0.2) is 16.7 Å². The number of benzene rings is 3. The van der Waals surface area contributed by atoms with Crippen LogP contribution in [0.2, 0.25) is 0 Å². The first-order valence-electron chi connectivity index (χ1n) is 10.5. The van der Waals surface area contributed by atoms with Crippen LogP contribution < -0.4 is 0 Å². The molecular weight excluding hydrogens is 418 g/mol. The highest BCUT2D eigenvalue weighted by molar-refractivity contribution is 6.01. The zero-order chi connectivity index (χ0) is 23.2. The molecule has 3 nitrogen and oxygen atoms in total. The minimum absolute atomic E-state index is 0.291. The van der Waals surface area contributed by atoms with Crippen molar-refractivity contribution in [3.63, 3.8) is 0 Å². The smallest absolute Gasteiger partial charge is 0.185 e. The summed E-state index contributed by atoms with van der Waals surface area (Å²) in [6, 6.07) is 19.5. The van der Waals surface area contributed by atoms with Gasteiger partial charge in [-0.05, 0) is 59.2 Å². The monoisotopic (exact) mass is 436 g/mol. The lowest BCUT2D eigenvalue weighted by Gasteiger charge is -2.35. The van der Waals surface area contributed by atoms with E-state index in [2.05, 4.69) is 12.0 Å². The molecule has 3 aromatic rings. The van der Waals surface area contributed by atoms with Gasteiger partial charge in [0.05, 0.1) is 12.1 Å². The lowest BCUT2D eigenvalue weighted by Crippen LogP contribution is -2.37. The van der Waals surface area contributed by atoms with Gasteiger partial charge in [0.25, 0.3) is 0 Å². The Labute approximate surface area is 190 Å². The molecule has 5 rings (SSSR count). The number of halogens is 2. The molecule has 0 aliphatic carbocycles. The first kappa shape index (κ1) is 20.7. The van der Waals surface area contributed by atoms with Gasteiger partial charge in [-0.25, -0.2) is 8.78 Å². The van der Waals surface area contributed by atoms with Crippen LogP contribution in [0.15, 0.2) is 79.0 Å². The number of Topliss-reactive ketones (excluding diaryl/α,β-unsaturated/α-hetero) is 1. The van der Waals surface area contributed by atoms with Crippen molar-refractivity contribution in [1.82, 2.24) is 4.90 Å². The average Bonchev–Trinajstić information content (AvgIpc) is 3.15. The van der Waals surface area contributed by atoms with E-state index < -0.39 is 35.1 Å². The van der Waals surface area contributed by atoms with Crippen LogP contribution in [0.25, 0.3) is 6.08 Å². The maximum atomic E-state index is 14.3. The lowest BCUT2D eigenvalue weighted by molar-refractivity contribution is 0.0874.